The number of carbonyl (C=O) groups is 2. The Morgan fingerprint density at radius 1 is 1.00 bits per heavy atom. The highest BCUT2D eigenvalue weighted by molar-refractivity contribution is 6.07. The Labute approximate surface area is 135 Å². The van der Waals surface area contributed by atoms with Crippen molar-refractivity contribution in [2.45, 2.75) is 31.6 Å². The largest absolute Gasteiger partial charge is 0.478 e. The molecule has 2 aromatic carbocycles. The van der Waals surface area contributed by atoms with Crippen molar-refractivity contribution >= 4 is 17.6 Å². The second kappa shape index (κ2) is 6.65. The Bertz CT molecular complexity index is 719. The quantitative estimate of drug-likeness (QED) is 0.885. The molecule has 1 saturated carbocycles. The van der Waals surface area contributed by atoms with Crippen LogP contribution < -0.4 is 5.32 Å². The van der Waals surface area contributed by atoms with E-state index in [2.05, 4.69) is 5.32 Å². The standard InChI is InChI=1S/C19H19NO3/c21-18(14-8-2-1-3-9-14)20-17-12-15(13-6-4-5-7-13)10-11-16(17)19(22)23/h1-3,8-13H,4-7H2,(H,20,21)(H,22,23). The second-order valence-corrected chi connectivity index (χ2v) is 5.91. The van der Waals surface area contributed by atoms with Crippen LogP contribution in [0.2, 0.25) is 0 Å². The van der Waals surface area contributed by atoms with Crippen LogP contribution in [0.15, 0.2) is 48.5 Å². The molecule has 0 radical (unpaired) electrons. The molecule has 0 bridgehead atoms. The fourth-order valence-electron chi connectivity index (χ4n) is 3.15. The van der Waals surface area contributed by atoms with Gasteiger partial charge in [0.15, 0.2) is 0 Å². The van der Waals surface area contributed by atoms with E-state index in [-0.39, 0.29) is 11.5 Å². The highest BCUT2D eigenvalue weighted by Gasteiger charge is 2.20. The zero-order valence-electron chi connectivity index (χ0n) is 12.8. The van der Waals surface area contributed by atoms with Crippen LogP contribution >= 0.6 is 0 Å². The Hall–Kier alpha value is -2.62. The SMILES string of the molecule is O=C(Nc1cc(C2CCCC2)ccc1C(=O)O)c1ccccc1. The van der Waals surface area contributed by atoms with Crippen molar-refractivity contribution < 1.29 is 14.7 Å². The van der Waals surface area contributed by atoms with Gasteiger partial charge in [0, 0.05) is 5.56 Å². The van der Waals surface area contributed by atoms with Crippen molar-refractivity contribution in [3.8, 4) is 0 Å². The Morgan fingerprint density at radius 2 is 1.70 bits per heavy atom. The molecule has 4 heteroatoms. The molecule has 4 nitrogen and oxygen atoms in total. The molecular formula is C19H19NO3. The molecular weight excluding hydrogens is 290 g/mol. The number of amides is 1. The average molecular weight is 309 g/mol. The Balaban J connectivity index is 1.90. The molecule has 0 aliphatic heterocycles. The maximum atomic E-state index is 12.3. The molecule has 0 unspecified atom stereocenters. The van der Waals surface area contributed by atoms with Crippen molar-refractivity contribution in [1.82, 2.24) is 0 Å². The van der Waals surface area contributed by atoms with Gasteiger partial charge in [-0.3, -0.25) is 4.79 Å². The summed E-state index contributed by atoms with van der Waals surface area (Å²) in [5, 5.41) is 12.1. The van der Waals surface area contributed by atoms with Gasteiger partial charge in [-0.2, -0.15) is 0 Å². The van der Waals surface area contributed by atoms with Crippen molar-refractivity contribution in [2.75, 3.05) is 5.32 Å². The molecule has 23 heavy (non-hydrogen) atoms. The zero-order chi connectivity index (χ0) is 16.2. The van der Waals surface area contributed by atoms with E-state index >= 15 is 0 Å². The summed E-state index contributed by atoms with van der Waals surface area (Å²) in [4.78, 5) is 23.7. The number of nitrogens with one attached hydrogen (secondary N) is 1. The lowest BCUT2D eigenvalue weighted by Gasteiger charge is -2.14. The number of benzene rings is 2. The number of aromatic carboxylic acids is 1. The summed E-state index contributed by atoms with van der Waals surface area (Å²) in [5.41, 5.74) is 2.11. The maximum Gasteiger partial charge on any atom is 0.337 e. The van der Waals surface area contributed by atoms with E-state index < -0.39 is 5.97 Å². The summed E-state index contributed by atoms with van der Waals surface area (Å²) in [7, 11) is 0. The van der Waals surface area contributed by atoms with Crippen LogP contribution in [-0.2, 0) is 0 Å². The lowest BCUT2D eigenvalue weighted by atomic mass is 9.95. The molecule has 0 atom stereocenters. The van der Waals surface area contributed by atoms with Gasteiger partial charge in [-0.15, -0.1) is 0 Å². The van der Waals surface area contributed by atoms with E-state index in [1.54, 1.807) is 30.3 Å². The number of anilines is 1. The third kappa shape index (κ3) is 3.42. The molecule has 0 heterocycles. The van der Waals surface area contributed by atoms with Gasteiger partial charge in [0.25, 0.3) is 5.91 Å². The normalized spacial score (nSPS) is 14.6. The van der Waals surface area contributed by atoms with Gasteiger partial charge in [0.1, 0.15) is 0 Å². The van der Waals surface area contributed by atoms with Gasteiger partial charge >= 0.3 is 5.97 Å². The van der Waals surface area contributed by atoms with Gasteiger partial charge in [0.05, 0.1) is 11.3 Å². The average Bonchev–Trinajstić information content (AvgIpc) is 3.10. The molecule has 1 amide bonds. The number of hydrogen-bond acceptors (Lipinski definition) is 2. The van der Waals surface area contributed by atoms with Crippen LogP contribution in [0.1, 0.15) is 57.9 Å². The third-order valence-electron chi connectivity index (χ3n) is 4.38. The number of rotatable bonds is 4. The highest BCUT2D eigenvalue weighted by Crippen LogP contribution is 2.35. The Kier molecular flexibility index (Phi) is 4.42. The van der Waals surface area contributed by atoms with E-state index in [0.29, 0.717) is 17.2 Å². The second-order valence-electron chi connectivity index (χ2n) is 5.91. The molecule has 2 aromatic rings. The fourth-order valence-corrected chi connectivity index (χ4v) is 3.15. The van der Waals surface area contributed by atoms with Crippen LogP contribution in [0, 0.1) is 0 Å². The first kappa shape index (κ1) is 15.3. The van der Waals surface area contributed by atoms with Crippen LogP contribution in [0.4, 0.5) is 5.69 Å². The number of carbonyl (C=O) groups excluding carboxylic acids is 1. The van der Waals surface area contributed by atoms with Gasteiger partial charge in [-0.1, -0.05) is 37.1 Å². The minimum Gasteiger partial charge on any atom is -0.478 e. The summed E-state index contributed by atoms with van der Waals surface area (Å²) in [6, 6.07) is 14.1. The van der Waals surface area contributed by atoms with Crippen molar-refractivity contribution in [3.63, 3.8) is 0 Å². The molecule has 1 aliphatic rings. The lowest BCUT2D eigenvalue weighted by Crippen LogP contribution is -2.15. The molecule has 0 aromatic heterocycles. The first-order valence-corrected chi connectivity index (χ1v) is 7.89. The van der Waals surface area contributed by atoms with Crippen LogP contribution in [0.25, 0.3) is 0 Å². The molecule has 0 saturated heterocycles. The van der Waals surface area contributed by atoms with E-state index in [4.69, 9.17) is 0 Å². The topological polar surface area (TPSA) is 66.4 Å². The summed E-state index contributed by atoms with van der Waals surface area (Å²) < 4.78 is 0. The summed E-state index contributed by atoms with van der Waals surface area (Å²) >= 11 is 0. The first-order valence-electron chi connectivity index (χ1n) is 7.89. The van der Waals surface area contributed by atoms with E-state index in [0.717, 1.165) is 18.4 Å². The minimum atomic E-state index is -1.04. The zero-order valence-corrected chi connectivity index (χ0v) is 12.8. The molecule has 0 spiro atoms. The summed E-state index contributed by atoms with van der Waals surface area (Å²) in [6.45, 7) is 0. The predicted molar refractivity (Wildman–Crippen MR) is 89.0 cm³/mol. The lowest BCUT2D eigenvalue weighted by molar-refractivity contribution is 0.0698. The van der Waals surface area contributed by atoms with Gasteiger partial charge in [0.2, 0.25) is 0 Å². The Morgan fingerprint density at radius 3 is 2.35 bits per heavy atom. The predicted octanol–water partition coefficient (Wildman–Crippen LogP) is 4.29. The summed E-state index contributed by atoms with van der Waals surface area (Å²) in [6.07, 6.45) is 4.66. The molecule has 3 rings (SSSR count). The van der Waals surface area contributed by atoms with Gasteiger partial charge < -0.3 is 10.4 Å². The van der Waals surface area contributed by atoms with Crippen LogP contribution in [-0.4, -0.2) is 17.0 Å². The number of carboxylic acid groups (broad SMARTS) is 1. The smallest absolute Gasteiger partial charge is 0.337 e. The van der Waals surface area contributed by atoms with Crippen LogP contribution in [0.5, 0.6) is 0 Å². The van der Waals surface area contributed by atoms with Crippen molar-refractivity contribution in [2.24, 2.45) is 0 Å². The van der Waals surface area contributed by atoms with Crippen molar-refractivity contribution in [3.05, 3.63) is 65.2 Å². The van der Waals surface area contributed by atoms with E-state index in [1.807, 2.05) is 18.2 Å². The van der Waals surface area contributed by atoms with Crippen LogP contribution in [0.3, 0.4) is 0 Å². The minimum absolute atomic E-state index is 0.121. The van der Waals surface area contributed by atoms with Crippen molar-refractivity contribution in [1.29, 1.82) is 0 Å². The molecule has 1 fully saturated rings. The van der Waals surface area contributed by atoms with E-state index in [9.17, 15) is 14.7 Å². The number of carboxylic acids is 1. The molecule has 118 valence electrons. The monoisotopic (exact) mass is 309 g/mol. The highest BCUT2D eigenvalue weighted by atomic mass is 16.4. The van der Waals surface area contributed by atoms with E-state index in [1.165, 1.54) is 12.8 Å². The molecule has 1 aliphatic carbocycles. The molecule has 2 N–H and O–H groups in total. The number of hydrogen-bond donors (Lipinski definition) is 2. The first-order chi connectivity index (χ1) is 11.1. The van der Waals surface area contributed by atoms with Gasteiger partial charge in [-0.25, -0.2) is 4.79 Å². The third-order valence-corrected chi connectivity index (χ3v) is 4.38. The fraction of sp³-hybridized carbons (Fsp3) is 0.263. The summed E-state index contributed by atoms with van der Waals surface area (Å²) in [5.74, 6) is -0.867. The van der Waals surface area contributed by atoms with Gasteiger partial charge in [-0.05, 0) is 48.6 Å². The maximum absolute atomic E-state index is 12.3.